The van der Waals surface area contributed by atoms with E-state index in [1.807, 2.05) is 0 Å². The van der Waals surface area contributed by atoms with Gasteiger partial charge in [0.15, 0.2) is 23.1 Å². The zero-order valence-corrected chi connectivity index (χ0v) is 17.7. The second-order valence-electron chi connectivity index (χ2n) is 6.61. The van der Waals surface area contributed by atoms with E-state index in [0.29, 0.717) is 47.8 Å². The quantitative estimate of drug-likeness (QED) is 0.419. The molecule has 1 N–H and O–H groups in total. The Morgan fingerprint density at radius 1 is 0.938 bits per heavy atom. The Bertz CT molecular complexity index is 1080. The van der Waals surface area contributed by atoms with E-state index in [4.69, 9.17) is 28.8 Å². The van der Waals surface area contributed by atoms with Gasteiger partial charge in [-0.2, -0.15) is 0 Å². The molecule has 10 heteroatoms. The molecular weight excluding hydrogens is 423 g/mol. The number of nitrogens with zero attached hydrogens (tertiary/aromatic N) is 2. The van der Waals surface area contributed by atoms with Gasteiger partial charge in [0.1, 0.15) is 19.5 Å². The van der Waals surface area contributed by atoms with Crippen LogP contribution in [0.25, 0.3) is 10.9 Å². The van der Waals surface area contributed by atoms with Crippen LogP contribution in [0.1, 0.15) is 5.56 Å². The minimum Gasteiger partial charge on any atom is -0.487 e. The van der Waals surface area contributed by atoms with Crippen LogP contribution < -0.4 is 14.2 Å². The van der Waals surface area contributed by atoms with Crippen molar-refractivity contribution in [2.45, 2.75) is 6.42 Å². The number of carboxylic acids is 1. The highest BCUT2D eigenvalue weighted by atomic mass is 19.1. The maximum Gasteiger partial charge on any atom is 0.307 e. The normalized spacial score (nSPS) is 10.8. The molecule has 3 aromatic rings. The van der Waals surface area contributed by atoms with Gasteiger partial charge in [-0.3, -0.25) is 4.79 Å². The predicted molar refractivity (Wildman–Crippen MR) is 112 cm³/mol. The molecule has 1 heterocycles. The molecule has 0 spiro atoms. The van der Waals surface area contributed by atoms with E-state index in [1.165, 1.54) is 18.5 Å². The lowest BCUT2D eigenvalue weighted by atomic mass is 10.1. The number of aromatic nitrogens is 2. The Hall–Kier alpha value is -3.50. The first-order valence-corrected chi connectivity index (χ1v) is 9.72. The standard InChI is InChI=1S/C22H23FN2O7/c1-28-5-7-30-19-11-15-17(12-20(19)31-8-6-29-2)24-13-25-22(15)32-18-4-3-14(9-16(18)23)10-21(26)27/h3-4,9,11-13H,5-8,10H2,1-2H3,(H,26,27). The van der Waals surface area contributed by atoms with E-state index < -0.39 is 11.8 Å². The van der Waals surface area contributed by atoms with E-state index in [9.17, 15) is 9.18 Å². The Morgan fingerprint density at radius 2 is 1.62 bits per heavy atom. The molecule has 0 saturated heterocycles. The highest BCUT2D eigenvalue weighted by molar-refractivity contribution is 5.87. The number of methoxy groups -OCH3 is 2. The number of hydrogen-bond acceptors (Lipinski definition) is 8. The highest BCUT2D eigenvalue weighted by Gasteiger charge is 2.16. The second-order valence-corrected chi connectivity index (χ2v) is 6.61. The van der Waals surface area contributed by atoms with Crippen LogP contribution >= 0.6 is 0 Å². The first kappa shape index (κ1) is 23.2. The fourth-order valence-electron chi connectivity index (χ4n) is 2.83. The third-order valence-corrected chi connectivity index (χ3v) is 4.31. The fraction of sp³-hybridized carbons (Fsp3) is 0.318. The average Bonchev–Trinajstić information content (AvgIpc) is 2.76. The summed E-state index contributed by atoms with van der Waals surface area (Å²) in [7, 11) is 3.14. The van der Waals surface area contributed by atoms with Gasteiger partial charge in [-0.1, -0.05) is 6.07 Å². The number of ether oxygens (including phenoxy) is 5. The highest BCUT2D eigenvalue weighted by Crippen LogP contribution is 2.36. The van der Waals surface area contributed by atoms with Crippen molar-refractivity contribution in [1.82, 2.24) is 9.97 Å². The van der Waals surface area contributed by atoms with Crippen LogP contribution in [0.3, 0.4) is 0 Å². The first-order chi connectivity index (χ1) is 15.5. The number of aliphatic carboxylic acids is 1. The molecule has 170 valence electrons. The molecule has 0 radical (unpaired) electrons. The molecule has 0 fully saturated rings. The lowest BCUT2D eigenvalue weighted by Crippen LogP contribution is -2.09. The smallest absolute Gasteiger partial charge is 0.307 e. The lowest BCUT2D eigenvalue weighted by molar-refractivity contribution is -0.136. The van der Waals surface area contributed by atoms with Crippen molar-refractivity contribution in [1.29, 1.82) is 0 Å². The summed E-state index contributed by atoms with van der Waals surface area (Å²) in [6, 6.07) is 7.29. The number of carboxylic acid groups (broad SMARTS) is 1. The van der Waals surface area contributed by atoms with Crippen molar-refractivity contribution >= 4 is 16.9 Å². The van der Waals surface area contributed by atoms with Gasteiger partial charge in [-0.05, 0) is 23.8 Å². The zero-order valence-electron chi connectivity index (χ0n) is 17.7. The molecule has 0 aliphatic heterocycles. The van der Waals surface area contributed by atoms with Crippen LogP contribution in [0.2, 0.25) is 0 Å². The number of halogens is 1. The SMILES string of the molecule is COCCOc1cc2ncnc(Oc3ccc(CC(=O)O)cc3F)c2cc1OCCOC. The third kappa shape index (κ3) is 6.02. The number of carbonyl (C=O) groups is 1. The van der Waals surface area contributed by atoms with E-state index in [2.05, 4.69) is 9.97 Å². The third-order valence-electron chi connectivity index (χ3n) is 4.31. The molecule has 0 saturated carbocycles. The van der Waals surface area contributed by atoms with Crippen molar-refractivity contribution in [2.75, 3.05) is 40.6 Å². The largest absolute Gasteiger partial charge is 0.487 e. The Labute approximate surface area is 183 Å². The van der Waals surface area contributed by atoms with E-state index in [-0.39, 0.29) is 24.7 Å². The number of rotatable bonds is 12. The molecule has 0 amide bonds. The first-order valence-electron chi connectivity index (χ1n) is 9.72. The summed E-state index contributed by atoms with van der Waals surface area (Å²) in [5.41, 5.74) is 0.825. The van der Waals surface area contributed by atoms with Gasteiger partial charge in [0.2, 0.25) is 5.88 Å². The molecule has 2 aromatic carbocycles. The van der Waals surface area contributed by atoms with E-state index >= 15 is 0 Å². The summed E-state index contributed by atoms with van der Waals surface area (Å²) in [4.78, 5) is 19.2. The maximum atomic E-state index is 14.5. The zero-order chi connectivity index (χ0) is 22.9. The monoisotopic (exact) mass is 446 g/mol. The number of fused-ring (bicyclic) bond motifs is 1. The van der Waals surface area contributed by atoms with Crippen LogP contribution in [-0.4, -0.2) is 61.7 Å². The van der Waals surface area contributed by atoms with Crippen molar-refractivity contribution in [3.8, 4) is 23.1 Å². The Balaban J connectivity index is 1.93. The summed E-state index contributed by atoms with van der Waals surface area (Å²) in [5, 5.41) is 9.35. The second kappa shape index (κ2) is 11.2. The molecule has 1 aromatic heterocycles. The molecule has 0 unspecified atom stereocenters. The summed E-state index contributed by atoms with van der Waals surface area (Å²) in [6.07, 6.45) is 1.00. The van der Waals surface area contributed by atoms with Crippen LogP contribution in [0.4, 0.5) is 4.39 Å². The van der Waals surface area contributed by atoms with Gasteiger partial charge in [0.25, 0.3) is 0 Å². The van der Waals surface area contributed by atoms with Crippen LogP contribution in [0.15, 0.2) is 36.7 Å². The average molecular weight is 446 g/mol. The maximum absolute atomic E-state index is 14.5. The summed E-state index contributed by atoms with van der Waals surface area (Å²) in [6.45, 7) is 1.36. The number of hydrogen-bond donors (Lipinski definition) is 1. The van der Waals surface area contributed by atoms with Gasteiger partial charge >= 0.3 is 5.97 Å². The van der Waals surface area contributed by atoms with Crippen molar-refractivity contribution in [3.63, 3.8) is 0 Å². The molecule has 3 rings (SSSR count). The van der Waals surface area contributed by atoms with E-state index in [1.54, 1.807) is 26.4 Å². The summed E-state index contributed by atoms with van der Waals surface area (Å²) in [5.74, 6) is -0.862. The molecular formula is C22H23FN2O7. The van der Waals surface area contributed by atoms with E-state index in [0.717, 1.165) is 6.07 Å². The van der Waals surface area contributed by atoms with Crippen molar-refractivity contribution < 1.29 is 38.0 Å². The molecule has 0 aliphatic rings. The Morgan fingerprint density at radius 3 is 2.25 bits per heavy atom. The molecule has 0 bridgehead atoms. The summed E-state index contributed by atoms with van der Waals surface area (Å²) >= 11 is 0. The summed E-state index contributed by atoms with van der Waals surface area (Å²) < 4.78 is 41.7. The van der Waals surface area contributed by atoms with Crippen LogP contribution in [-0.2, 0) is 20.7 Å². The molecule has 9 nitrogen and oxygen atoms in total. The lowest BCUT2D eigenvalue weighted by Gasteiger charge is -2.15. The van der Waals surface area contributed by atoms with Gasteiger partial charge in [0, 0.05) is 20.3 Å². The Kier molecular flexibility index (Phi) is 8.12. The van der Waals surface area contributed by atoms with Crippen molar-refractivity contribution in [3.05, 3.63) is 48.0 Å². The molecule has 0 aliphatic carbocycles. The van der Waals surface area contributed by atoms with Gasteiger partial charge < -0.3 is 28.8 Å². The number of benzene rings is 2. The predicted octanol–water partition coefficient (Wildman–Crippen LogP) is 3.24. The minimum absolute atomic E-state index is 0.0959. The van der Waals surface area contributed by atoms with Crippen molar-refractivity contribution in [2.24, 2.45) is 0 Å². The van der Waals surface area contributed by atoms with Crippen LogP contribution in [0.5, 0.6) is 23.1 Å². The van der Waals surface area contributed by atoms with Gasteiger partial charge in [-0.25, -0.2) is 14.4 Å². The molecule has 32 heavy (non-hydrogen) atoms. The van der Waals surface area contributed by atoms with Gasteiger partial charge in [-0.15, -0.1) is 0 Å². The van der Waals surface area contributed by atoms with Crippen LogP contribution in [0, 0.1) is 5.82 Å². The van der Waals surface area contributed by atoms with Gasteiger partial charge in [0.05, 0.1) is 30.5 Å². The topological polar surface area (TPSA) is 109 Å². The minimum atomic E-state index is -1.05. The molecule has 0 atom stereocenters. The fourth-order valence-corrected chi connectivity index (χ4v) is 2.83.